The fourth-order valence-corrected chi connectivity index (χ4v) is 6.84. The Morgan fingerprint density at radius 3 is 3.00 bits per heavy atom. The van der Waals surface area contributed by atoms with Crippen molar-refractivity contribution in [1.29, 1.82) is 0 Å². The van der Waals surface area contributed by atoms with Gasteiger partial charge in [-0.3, -0.25) is 3.97 Å². The van der Waals surface area contributed by atoms with Crippen LogP contribution in [-0.4, -0.2) is 50.5 Å². The zero-order valence-electron chi connectivity index (χ0n) is 17.0. The van der Waals surface area contributed by atoms with Crippen molar-refractivity contribution in [3.63, 3.8) is 0 Å². The van der Waals surface area contributed by atoms with Crippen LogP contribution in [0.5, 0.6) is 0 Å². The number of halogens is 1. The Morgan fingerprint density at radius 1 is 1.33 bits per heavy atom. The van der Waals surface area contributed by atoms with E-state index in [4.69, 9.17) is 14.7 Å². The van der Waals surface area contributed by atoms with E-state index in [9.17, 15) is 0 Å². The number of anilines is 1. The number of rotatable bonds is 4. The summed E-state index contributed by atoms with van der Waals surface area (Å²) in [6.45, 7) is 6.86. The monoisotopic (exact) mass is 553 g/mol. The summed E-state index contributed by atoms with van der Waals surface area (Å²) < 4.78 is 7.78. The van der Waals surface area contributed by atoms with Crippen molar-refractivity contribution in [3.8, 4) is 11.4 Å². The van der Waals surface area contributed by atoms with Crippen molar-refractivity contribution >= 4 is 58.9 Å². The van der Waals surface area contributed by atoms with Gasteiger partial charge < -0.3 is 9.64 Å². The van der Waals surface area contributed by atoms with E-state index in [-0.39, 0.29) is 4.75 Å². The van der Waals surface area contributed by atoms with Gasteiger partial charge in [-0.15, -0.1) is 11.8 Å². The lowest BCUT2D eigenvalue weighted by molar-refractivity contribution is 0.0985. The topological polar surface area (TPSA) is 56.1 Å². The third kappa shape index (κ3) is 3.71. The molecular formula is C21H24IN5OS2. The minimum atomic E-state index is 0.0398. The highest BCUT2D eigenvalue weighted by molar-refractivity contribution is 14.2. The molecule has 2 unspecified atom stereocenters. The van der Waals surface area contributed by atoms with Gasteiger partial charge in [-0.2, -0.15) is 0 Å². The standard InChI is InChI=1S/C21H24IN5OS2/c1-14-13-28-10-9-26(14)18-12-17(21(2)6-3-11-29-21)24-19(25-18)15-4-7-23-20-16(15)5-8-27(20)30-22/h4-5,7-8,12,14H,3,6,9-11,13H2,1-2H3. The van der Waals surface area contributed by atoms with Gasteiger partial charge in [0.2, 0.25) is 0 Å². The number of hydrogen-bond donors (Lipinski definition) is 0. The zero-order valence-corrected chi connectivity index (χ0v) is 20.8. The molecular weight excluding hydrogens is 529 g/mol. The maximum absolute atomic E-state index is 5.67. The van der Waals surface area contributed by atoms with Gasteiger partial charge in [0.05, 0.1) is 29.7 Å². The van der Waals surface area contributed by atoms with E-state index in [0.717, 1.165) is 60.1 Å². The lowest BCUT2D eigenvalue weighted by atomic mass is 10.0. The average molecular weight is 553 g/mol. The van der Waals surface area contributed by atoms with Crippen LogP contribution in [0.2, 0.25) is 0 Å². The normalized spacial score (nSPS) is 24.6. The van der Waals surface area contributed by atoms with Crippen molar-refractivity contribution in [2.45, 2.75) is 37.5 Å². The molecule has 0 aromatic carbocycles. The van der Waals surface area contributed by atoms with E-state index >= 15 is 0 Å². The molecule has 0 N–H and O–H groups in total. The second-order valence-electron chi connectivity index (χ2n) is 8.04. The van der Waals surface area contributed by atoms with Crippen LogP contribution in [0.3, 0.4) is 0 Å². The lowest BCUT2D eigenvalue weighted by Crippen LogP contribution is -2.44. The van der Waals surface area contributed by atoms with Crippen LogP contribution in [0.25, 0.3) is 22.4 Å². The Hall–Kier alpha value is -1.04. The molecule has 2 atom stereocenters. The van der Waals surface area contributed by atoms with Gasteiger partial charge in [0.15, 0.2) is 11.5 Å². The molecule has 3 aromatic heterocycles. The molecule has 0 radical (unpaired) electrons. The first kappa shape index (κ1) is 20.8. The maximum Gasteiger partial charge on any atom is 0.162 e. The van der Waals surface area contributed by atoms with E-state index in [1.54, 1.807) is 9.12 Å². The maximum atomic E-state index is 5.67. The predicted molar refractivity (Wildman–Crippen MR) is 134 cm³/mol. The van der Waals surface area contributed by atoms with Crippen LogP contribution >= 0.6 is 42.1 Å². The zero-order chi connectivity index (χ0) is 20.7. The SMILES string of the molecule is CC1COCCN1c1cc(C2(C)CCCS2)nc(-c2ccnc3c2ccn3SI)n1. The number of morpholine rings is 1. The van der Waals surface area contributed by atoms with Crippen LogP contribution in [0.1, 0.15) is 32.4 Å². The van der Waals surface area contributed by atoms with Crippen LogP contribution in [0, 0.1) is 0 Å². The Bertz CT molecular complexity index is 1070. The minimum Gasteiger partial charge on any atom is -0.377 e. The minimum absolute atomic E-state index is 0.0398. The van der Waals surface area contributed by atoms with Gasteiger partial charge in [-0.25, -0.2) is 15.0 Å². The molecule has 6 nitrogen and oxygen atoms in total. The summed E-state index contributed by atoms with van der Waals surface area (Å²) in [5.74, 6) is 2.99. The van der Waals surface area contributed by atoms with Gasteiger partial charge in [-0.1, -0.05) is 0 Å². The smallest absolute Gasteiger partial charge is 0.162 e. The van der Waals surface area contributed by atoms with E-state index in [0.29, 0.717) is 6.04 Å². The number of fused-ring (bicyclic) bond motifs is 1. The molecule has 2 aliphatic rings. The van der Waals surface area contributed by atoms with Crippen LogP contribution < -0.4 is 4.90 Å². The molecule has 3 aromatic rings. The van der Waals surface area contributed by atoms with E-state index in [1.165, 1.54) is 12.2 Å². The molecule has 30 heavy (non-hydrogen) atoms. The quantitative estimate of drug-likeness (QED) is 0.406. The predicted octanol–water partition coefficient (Wildman–Crippen LogP) is 5.31. The lowest BCUT2D eigenvalue weighted by Gasteiger charge is -2.35. The van der Waals surface area contributed by atoms with Gasteiger partial charge >= 0.3 is 0 Å². The summed E-state index contributed by atoms with van der Waals surface area (Å²) in [5.41, 5.74) is 3.12. The molecule has 2 fully saturated rings. The molecule has 9 heteroatoms. The highest BCUT2D eigenvalue weighted by Gasteiger charge is 2.35. The second-order valence-corrected chi connectivity index (χ2v) is 11.4. The summed E-state index contributed by atoms with van der Waals surface area (Å²) in [7, 11) is 1.62. The van der Waals surface area contributed by atoms with E-state index < -0.39 is 0 Å². The summed E-state index contributed by atoms with van der Waals surface area (Å²) in [5, 5.41) is 1.09. The van der Waals surface area contributed by atoms with Crippen molar-refractivity contribution in [2.75, 3.05) is 30.4 Å². The molecule has 2 saturated heterocycles. The van der Waals surface area contributed by atoms with Crippen molar-refractivity contribution in [1.82, 2.24) is 18.9 Å². The third-order valence-electron chi connectivity index (χ3n) is 6.00. The Kier molecular flexibility index (Phi) is 5.89. The van der Waals surface area contributed by atoms with Crippen LogP contribution in [0.15, 0.2) is 30.6 Å². The molecule has 5 rings (SSSR count). The number of aromatic nitrogens is 4. The van der Waals surface area contributed by atoms with E-state index in [2.05, 4.69) is 67.2 Å². The molecule has 0 amide bonds. The molecule has 0 aliphatic carbocycles. The van der Waals surface area contributed by atoms with Crippen LogP contribution in [-0.2, 0) is 9.48 Å². The molecule has 5 heterocycles. The van der Waals surface area contributed by atoms with Gasteiger partial charge in [0.25, 0.3) is 0 Å². The molecule has 0 bridgehead atoms. The Morgan fingerprint density at radius 2 is 2.23 bits per heavy atom. The van der Waals surface area contributed by atoms with Crippen molar-refractivity contribution in [3.05, 3.63) is 36.3 Å². The Labute approximate surface area is 197 Å². The van der Waals surface area contributed by atoms with Gasteiger partial charge in [0.1, 0.15) is 5.82 Å². The number of thioether (sulfide) groups is 1. The number of pyridine rings is 1. The summed E-state index contributed by atoms with van der Waals surface area (Å²) in [6, 6.07) is 6.67. The first-order valence-corrected chi connectivity index (χ1v) is 14.5. The molecule has 0 spiro atoms. The molecule has 2 aliphatic heterocycles. The van der Waals surface area contributed by atoms with Gasteiger partial charge in [-0.05, 0) is 44.6 Å². The van der Waals surface area contributed by atoms with Crippen molar-refractivity contribution < 1.29 is 4.74 Å². The molecule has 158 valence electrons. The Balaban J connectivity index is 1.68. The summed E-state index contributed by atoms with van der Waals surface area (Å²) in [4.78, 5) is 17.1. The second kappa shape index (κ2) is 8.48. The van der Waals surface area contributed by atoms with E-state index in [1.807, 2.05) is 24.0 Å². The number of hydrogen-bond acceptors (Lipinski definition) is 7. The first-order valence-electron chi connectivity index (χ1n) is 10.2. The fraction of sp³-hybridized carbons (Fsp3) is 0.476. The summed E-state index contributed by atoms with van der Waals surface area (Å²) in [6.07, 6.45) is 6.31. The molecule has 0 saturated carbocycles. The third-order valence-corrected chi connectivity index (χ3v) is 9.26. The largest absolute Gasteiger partial charge is 0.377 e. The number of nitrogens with zero attached hydrogens (tertiary/aromatic N) is 5. The average Bonchev–Trinajstić information content (AvgIpc) is 3.40. The van der Waals surface area contributed by atoms with Gasteiger partial charge in [0, 0.05) is 66.3 Å². The first-order chi connectivity index (χ1) is 14.6. The number of ether oxygens (including phenoxy) is 1. The highest BCUT2D eigenvalue weighted by atomic mass is 127. The van der Waals surface area contributed by atoms with Crippen molar-refractivity contribution in [2.24, 2.45) is 0 Å². The summed E-state index contributed by atoms with van der Waals surface area (Å²) >= 11 is 4.30. The van der Waals surface area contributed by atoms with Crippen LogP contribution in [0.4, 0.5) is 5.82 Å². The fourth-order valence-electron chi connectivity index (χ4n) is 4.29. The highest BCUT2D eigenvalue weighted by Crippen LogP contribution is 2.46.